The summed E-state index contributed by atoms with van der Waals surface area (Å²) in [5.41, 5.74) is 9.07. The van der Waals surface area contributed by atoms with Gasteiger partial charge in [0.1, 0.15) is 5.75 Å². The molecule has 2 atom stereocenters. The van der Waals surface area contributed by atoms with Gasteiger partial charge in [0, 0.05) is 18.5 Å². The summed E-state index contributed by atoms with van der Waals surface area (Å²) in [4.78, 5) is 2.51. The first-order valence-electron chi connectivity index (χ1n) is 7.05. The Morgan fingerprint density at radius 2 is 2.33 bits per heavy atom. The Labute approximate surface area is 109 Å². The molecule has 3 nitrogen and oxygen atoms in total. The van der Waals surface area contributed by atoms with Crippen LogP contribution in [0.3, 0.4) is 0 Å². The van der Waals surface area contributed by atoms with E-state index in [2.05, 4.69) is 30.0 Å². The summed E-state index contributed by atoms with van der Waals surface area (Å²) >= 11 is 0. The summed E-state index contributed by atoms with van der Waals surface area (Å²) < 4.78 is 5.58. The van der Waals surface area contributed by atoms with Gasteiger partial charge in [0.25, 0.3) is 0 Å². The topological polar surface area (TPSA) is 38.5 Å². The van der Waals surface area contributed by atoms with Crippen molar-refractivity contribution < 1.29 is 4.74 Å². The Bertz CT molecular complexity index is 433. The number of nitrogens with two attached hydrogens (primary N) is 1. The summed E-state index contributed by atoms with van der Waals surface area (Å²) in [7, 11) is 0. The summed E-state index contributed by atoms with van der Waals surface area (Å²) in [5, 5.41) is 0. The van der Waals surface area contributed by atoms with Gasteiger partial charge in [-0.1, -0.05) is 19.1 Å². The average Bonchev–Trinajstić information content (AvgIpc) is 2.85. The van der Waals surface area contributed by atoms with E-state index in [9.17, 15) is 0 Å². The standard InChI is InChI=1S/C15H22N2O/c1-2-17-8-3-4-13(16)15(17)12-5-6-14-11(10-12)7-9-18-14/h5-6,10,13,15H,2-4,7-9,16H2,1H3. The molecule has 0 amide bonds. The van der Waals surface area contributed by atoms with Gasteiger partial charge in [0.15, 0.2) is 0 Å². The van der Waals surface area contributed by atoms with Crippen molar-refractivity contribution in [1.29, 1.82) is 0 Å². The third-order valence-electron chi connectivity index (χ3n) is 4.24. The number of fused-ring (bicyclic) bond motifs is 1. The van der Waals surface area contributed by atoms with Gasteiger partial charge < -0.3 is 10.5 Å². The molecule has 2 unspecified atom stereocenters. The van der Waals surface area contributed by atoms with E-state index in [0.29, 0.717) is 6.04 Å². The van der Waals surface area contributed by atoms with Crippen molar-refractivity contribution in [2.45, 2.75) is 38.3 Å². The maximum absolute atomic E-state index is 6.35. The van der Waals surface area contributed by atoms with Crippen LogP contribution in [0.4, 0.5) is 0 Å². The molecule has 0 aliphatic carbocycles. The van der Waals surface area contributed by atoms with Crippen molar-refractivity contribution in [1.82, 2.24) is 4.90 Å². The fourth-order valence-electron chi connectivity index (χ4n) is 3.30. The zero-order chi connectivity index (χ0) is 12.5. The van der Waals surface area contributed by atoms with Gasteiger partial charge in [0.2, 0.25) is 0 Å². The number of ether oxygens (including phenoxy) is 1. The van der Waals surface area contributed by atoms with Gasteiger partial charge >= 0.3 is 0 Å². The molecule has 2 heterocycles. The molecule has 0 radical (unpaired) electrons. The number of nitrogens with zero attached hydrogens (tertiary/aromatic N) is 1. The van der Waals surface area contributed by atoms with Crippen LogP contribution in [0.25, 0.3) is 0 Å². The molecule has 98 valence electrons. The Morgan fingerprint density at radius 3 is 3.17 bits per heavy atom. The van der Waals surface area contributed by atoms with Gasteiger partial charge in [-0.15, -0.1) is 0 Å². The molecule has 18 heavy (non-hydrogen) atoms. The first kappa shape index (κ1) is 12.0. The van der Waals surface area contributed by atoms with Crippen LogP contribution in [0.2, 0.25) is 0 Å². The second kappa shape index (κ2) is 4.90. The van der Waals surface area contributed by atoms with Crippen molar-refractivity contribution in [3.8, 4) is 5.75 Å². The van der Waals surface area contributed by atoms with E-state index >= 15 is 0 Å². The monoisotopic (exact) mass is 246 g/mol. The first-order chi connectivity index (χ1) is 8.79. The predicted molar refractivity (Wildman–Crippen MR) is 72.8 cm³/mol. The molecule has 2 aliphatic rings. The lowest BCUT2D eigenvalue weighted by molar-refractivity contribution is 0.136. The fourth-order valence-corrected chi connectivity index (χ4v) is 3.30. The third kappa shape index (κ3) is 2.02. The van der Waals surface area contributed by atoms with Crippen molar-refractivity contribution in [3.63, 3.8) is 0 Å². The molecule has 0 spiro atoms. The average molecular weight is 246 g/mol. The summed E-state index contributed by atoms with van der Waals surface area (Å²) in [5.74, 6) is 1.06. The van der Waals surface area contributed by atoms with Crippen LogP contribution in [0.15, 0.2) is 18.2 Å². The van der Waals surface area contributed by atoms with Gasteiger partial charge in [0.05, 0.1) is 6.61 Å². The van der Waals surface area contributed by atoms with Crippen molar-refractivity contribution in [2.24, 2.45) is 5.73 Å². The van der Waals surface area contributed by atoms with Gasteiger partial charge in [-0.3, -0.25) is 4.90 Å². The Balaban J connectivity index is 1.91. The number of likely N-dealkylation sites (tertiary alicyclic amines) is 1. The lowest BCUT2D eigenvalue weighted by atomic mass is 9.90. The van der Waals surface area contributed by atoms with Crippen LogP contribution < -0.4 is 10.5 Å². The van der Waals surface area contributed by atoms with E-state index in [4.69, 9.17) is 10.5 Å². The molecule has 3 heteroatoms. The van der Waals surface area contributed by atoms with Crippen LogP contribution >= 0.6 is 0 Å². The number of rotatable bonds is 2. The molecule has 0 aromatic heterocycles. The predicted octanol–water partition coefficient (Wildman–Crippen LogP) is 2.11. The molecule has 0 saturated carbocycles. The highest BCUT2D eigenvalue weighted by Gasteiger charge is 2.30. The Morgan fingerprint density at radius 1 is 1.44 bits per heavy atom. The summed E-state index contributed by atoms with van der Waals surface area (Å²) in [6, 6.07) is 7.27. The van der Waals surface area contributed by atoms with E-state index < -0.39 is 0 Å². The van der Waals surface area contributed by atoms with E-state index in [0.717, 1.165) is 31.7 Å². The highest BCUT2D eigenvalue weighted by atomic mass is 16.5. The number of hydrogen-bond donors (Lipinski definition) is 1. The van der Waals surface area contributed by atoms with E-state index in [1.54, 1.807) is 0 Å². The number of benzene rings is 1. The fraction of sp³-hybridized carbons (Fsp3) is 0.600. The minimum Gasteiger partial charge on any atom is -0.493 e. The highest BCUT2D eigenvalue weighted by Crippen LogP contribution is 2.34. The van der Waals surface area contributed by atoms with Crippen LogP contribution in [-0.2, 0) is 6.42 Å². The van der Waals surface area contributed by atoms with Crippen LogP contribution in [-0.4, -0.2) is 30.6 Å². The van der Waals surface area contributed by atoms with Gasteiger partial charge in [-0.25, -0.2) is 0 Å². The molecular formula is C15H22N2O. The van der Waals surface area contributed by atoms with Gasteiger partial charge in [-0.2, -0.15) is 0 Å². The summed E-state index contributed by atoms with van der Waals surface area (Å²) in [6.07, 6.45) is 3.39. The maximum Gasteiger partial charge on any atom is 0.122 e. The van der Waals surface area contributed by atoms with Crippen LogP contribution in [0.5, 0.6) is 5.75 Å². The van der Waals surface area contributed by atoms with E-state index in [-0.39, 0.29) is 6.04 Å². The SMILES string of the molecule is CCN1CCCC(N)C1c1ccc2c(c1)CCO2. The van der Waals surface area contributed by atoms with Crippen LogP contribution in [0, 0.1) is 0 Å². The molecular weight excluding hydrogens is 224 g/mol. The Kier molecular flexibility index (Phi) is 3.27. The Hall–Kier alpha value is -1.06. The quantitative estimate of drug-likeness (QED) is 0.868. The first-order valence-corrected chi connectivity index (χ1v) is 7.05. The normalized spacial score (nSPS) is 27.9. The van der Waals surface area contributed by atoms with Crippen molar-refractivity contribution in [3.05, 3.63) is 29.3 Å². The third-order valence-corrected chi connectivity index (χ3v) is 4.24. The lowest BCUT2D eigenvalue weighted by Gasteiger charge is -2.39. The minimum absolute atomic E-state index is 0.263. The molecule has 0 bridgehead atoms. The maximum atomic E-state index is 6.35. The molecule has 1 aromatic carbocycles. The zero-order valence-corrected chi connectivity index (χ0v) is 11.1. The molecule has 2 N–H and O–H groups in total. The van der Waals surface area contributed by atoms with E-state index in [1.807, 2.05) is 0 Å². The minimum atomic E-state index is 0.263. The van der Waals surface area contributed by atoms with Gasteiger partial charge in [-0.05, 0) is 43.1 Å². The molecule has 2 aliphatic heterocycles. The number of hydrogen-bond acceptors (Lipinski definition) is 3. The smallest absolute Gasteiger partial charge is 0.122 e. The zero-order valence-electron chi connectivity index (χ0n) is 11.1. The van der Waals surface area contributed by atoms with Crippen LogP contribution in [0.1, 0.15) is 36.9 Å². The van der Waals surface area contributed by atoms with Crippen molar-refractivity contribution in [2.75, 3.05) is 19.7 Å². The highest BCUT2D eigenvalue weighted by molar-refractivity contribution is 5.41. The molecule has 1 saturated heterocycles. The second-order valence-corrected chi connectivity index (χ2v) is 5.35. The largest absolute Gasteiger partial charge is 0.493 e. The molecule has 1 fully saturated rings. The molecule has 3 rings (SSSR count). The lowest BCUT2D eigenvalue weighted by Crippen LogP contribution is -2.45. The van der Waals surface area contributed by atoms with E-state index in [1.165, 1.54) is 24.1 Å². The second-order valence-electron chi connectivity index (χ2n) is 5.35. The van der Waals surface area contributed by atoms with Crippen molar-refractivity contribution >= 4 is 0 Å². The summed E-state index contributed by atoms with van der Waals surface area (Å²) in [6.45, 7) is 5.29. The molecule has 1 aromatic rings. The number of likely N-dealkylation sites (N-methyl/N-ethyl adjacent to an activating group) is 1. The number of piperidine rings is 1.